The minimum absolute atomic E-state index is 0.121. The molecule has 0 aromatic carbocycles. The first-order chi connectivity index (χ1) is 27.8. The van der Waals surface area contributed by atoms with Gasteiger partial charge in [0, 0.05) is 13.0 Å². The van der Waals surface area contributed by atoms with Crippen LogP contribution in [0, 0.1) is 0 Å². The molecular weight excluding hydrogens is 709 g/mol. The lowest BCUT2D eigenvalue weighted by atomic mass is 10.0. The fraction of sp³-hybridized carbons (Fsp3) is 0.979. The van der Waals surface area contributed by atoms with Gasteiger partial charge in [-0.3, -0.25) is 4.79 Å². The maximum absolute atomic E-state index is 11.9. The summed E-state index contributed by atoms with van der Waals surface area (Å²) in [4.78, 5) is 11.9. The van der Waals surface area contributed by atoms with Crippen molar-refractivity contribution < 1.29 is 42.7 Å². The SMILES string of the molecule is CCCCCCCCCCCCCCCCCC(=O)OCCOCCOCCOCCOCCOCCOCCOCCCCCCCCCCCCCCC. The van der Waals surface area contributed by atoms with E-state index in [1.54, 1.807) is 0 Å². The summed E-state index contributed by atoms with van der Waals surface area (Å²) < 4.78 is 44.2. The highest BCUT2D eigenvalue weighted by molar-refractivity contribution is 5.69. The number of esters is 1. The standard InChI is InChI=1S/C47H94O9/c1-3-5-7-9-11-13-15-17-18-19-21-23-25-27-29-31-47(48)56-46-45-55-44-43-54-42-41-53-40-39-52-38-37-51-36-35-50-34-33-49-32-30-28-26-24-22-20-16-14-12-10-8-6-4-2/h3-46H2,1-2H3. The summed E-state index contributed by atoms with van der Waals surface area (Å²) in [7, 11) is 0. The van der Waals surface area contributed by atoms with Crippen molar-refractivity contribution in [2.24, 2.45) is 0 Å². The van der Waals surface area contributed by atoms with Crippen molar-refractivity contribution in [3.8, 4) is 0 Å². The normalized spacial score (nSPS) is 11.5. The Morgan fingerprint density at radius 3 is 0.750 bits per heavy atom. The summed E-state index contributed by atoms with van der Waals surface area (Å²) in [6.07, 6.45) is 38.1. The Morgan fingerprint density at radius 2 is 0.464 bits per heavy atom. The molecule has 0 saturated carbocycles. The third-order valence-corrected chi connectivity index (χ3v) is 10.1. The van der Waals surface area contributed by atoms with Gasteiger partial charge in [0.15, 0.2) is 0 Å². The molecule has 336 valence electrons. The summed E-state index contributed by atoms with van der Waals surface area (Å²) in [6, 6.07) is 0. The van der Waals surface area contributed by atoms with Gasteiger partial charge in [-0.2, -0.15) is 0 Å². The molecule has 0 saturated heterocycles. The topological polar surface area (TPSA) is 90.9 Å². The van der Waals surface area contributed by atoms with Gasteiger partial charge < -0.3 is 37.9 Å². The highest BCUT2D eigenvalue weighted by atomic mass is 16.6. The van der Waals surface area contributed by atoms with Gasteiger partial charge in [-0.25, -0.2) is 0 Å². The highest BCUT2D eigenvalue weighted by Gasteiger charge is 2.03. The van der Waals surface area contributed by atoms with Crippen LogP contribution >= 0.6 is 0 Å². The van der Waals surface area contributed by atoms with E-state index in [1.165, 1.54) is 161 Å². The number of rotatable bonds is 51. The number of carbonyl (C=O) groups excluding carboxylic acids is 1. The molecule has 56 heavy (non-hydrogen) atoms. The van der Waals surface area contributed by atoms with Crippen molar-refractivity contribution in [1.82, 2.24) is 0 Å². The highest BCUT2D eigenvalue weighted by Crippen LogP contribution is 2.15. The Balaban J connectivity index is 3.12. The Labute approximate surface area is 347 Å². The lowest BCUT2D eigenvalue weighted by Gasteiger charge is -2.09. The molecule has 0 amide bonds. The number of unbranched alkanes of at least 4 members (excludes halogenated alkanes) is 26. The summed E-state index contributed by atoms with van der Waals surface area (Å²) in [5, 5.41) is 0. The fourth-order valence-electron chi connectivity index (χ4n) is 6.57. The number of hydrogen-bond acceptors (Lipinski definition) is 9. The van der Waals surface area contributed by atoms with Gasteiger partial charge in [0.05, 0.1) is 85.9 Å². The second kappa shape index (κ2) is 52.2. The van der Waals surface area contributed by atoms with Crippen LogP contribution in [0.4, 0.5) is 0 Å². The fourth-order valence-corrected chi connectivity index (χ4v) is 6.57. The second-order valence-corrected chi connectivity index (χ2v) is 15.4. The quantitative estimate of drug-likeness (QED) is 0.0440. The van der Waals surface area contributed by atoms with Gasteiger partial charge in [0.2, 0.25) is 0 Å². The van der Waals surface area contributed by atoms with Crippen LogP contribution < -0.4 is 0 Å². The van der Waals surface area contributed by atoms with Crippen LogP contribution in [-0.4, -0.2) is 105 Å². The number of ether oxygens (including phenoxy) is 8. The predicted molar refractivity (Wildman–Crippen MR) is 232 cm³/mol. The van der Waals surface area contributed by atoms with Gasteiger partial charge in [-0.05, 0) is 12.8 Å². The molecule has 0 aliphatic heterocycles. The minimum Gasteiger partial charge on any atom is -0.463 e. The van der Waals surface area contributed by atoms with Crippen molar-refractivity contribution in [1.29, 1.82) is 0 Å². The molecule has 0 aromatic rings. The van der Waals surface area contributed by atoms with E-state index in [2.05, 4.69) is 13.8 Å². The first-order valence-corrected chi connectivity index (χ1v) is 24.0. The molecule has 0 spiro atoms. The van der Waals surface area contributed by atoms with E-state index < -0.39 is 0 Å². The Bertz CT molecular complexity index is 711. The first-order valence-electron chi connectivity index (χ1n) is 24.0. The van der Waals surface area contributed by atoms with Crippen molar-refractivity contribution >= 4 is 5.97 Å². The number of hydrogen-bond donors (Lipinski definition) is 0. The zero-order valence-electron chi connectivity index (χ0n) is 37.3. The molecule has 0 bridgehead atoms. The first kappa shape index (κ1) is 55.2. The summed E-state index contributed by atoms with van der Waals surface area (Å²) >= 11 is 0. The molecule has 0 atom stereocenters. The average Bonchev–Trinajstić information content (AvgIpc) is 3.20. The van der Waals surface area contributed by atoms with Crippen LogP contribution in [0.3, 0.4) is 0 Å². The van der Waals surface area contributed by atoms with E-state index in [0.29, 0.717) is 98.9 Å². The Kier molecular flexibility index (Phi) is 51.5. The van der Waals surface area contributed by atoms with Crippen molar-refractivity contribution in [3.63, 3.8) is 0 Å². The molecule has 9 nitrogen and oxygen atoms in total. The van der Waals surface area contributed by atoms with Gasteiger partial charge in [0.1, 0.15) is 6.61 Å². The maximum atomic E-state index is 11.9. The van der Waals surface area contributed by atoms with Gasteiger partial charge >= 0.3 is 5.97 Å². The third kappa shape index (κ3) is 51.2. The van der Waals surface area contributed by atoms with Crippen LogP contribution in [-0.2, 0) is 42.7 Å². The predicted octanol–water partition coefficient (Wildman–Crippen LogP) is 12.0. The van der Waals surface area contributed by atoms with Gasteiger partial charge in [-0.15, -0.1) is 0 Å². The Hall–Kier alpha value is -0.810. The van der Waals surface area contributed by atoms with Gasteiger partial charge in [0.25, 0.3) is 0 Å². The van der Waals surface area contributed by atoms with Crippen LogP contribution in [0.2, 0.25) is 0 Å². The Morgan fingerprint density at radius 1 is 0.250 bits per heavy atom. The summed E-state index contributed by atoms with van der Waals surface area (Å²) in [5.74, 6) is -0.121. The maximum Gasteiger partial charge on any atom is 0.305 e. The number of carbonyl (C=O) groups is 1. The molecule has 0 fully saturated rings. The van der Waals surface area contributed by atoms with Crippen molar-refractivity contribution in [3.05, 3.63) is 0 Å². The molecule has 0 heterocycles. The van der Waals surface area contributed by atoms with Crippen LogP contribution in [0.5, 0.6) is 0 Å². The van der Waals surface area contributed by atoms with E-state index in [1.807, 2.05) is 0 Å². The van der Waals surface area contributed by atoms with Crippen LogP contribution in [0.1, 0.15) is 200 Å². The molecule has 9 heteroatoms. The molecule has 0 rings (SSSR count). The molecule has 0 aromatic heterocycles. The van der Waals surface area contributed by atoms with E-state index in [9.17, 15) is 4.79 Å². The molecular formula is C47H94O9. The largest absolute Gasteiger partial charge is 0.463 e. The molecule has 0 aliphatic carbocycles. The van der Waals surface area contributed by atoms with Crippen LogP contribution in [0.15, 0.2) is 0 Å². The molecule has 0 aliphatic rings. The van der Waals surface area contributed by atoms with E-state index in [-0.39, 0.29) is 5.97 Å². The third-order valence-electron chi connectivity index (χ3n) is 10.1. The molecule has 0 N–H and O–H groups in total. The summed E-state index contributed by atoms with van der Waals surface area (Å²) in [5.41, 5.74) is 0. The summed E-state index contributed by atoms with van der Waals surface area (Å²) in [6.45, 7) is 12.6. The smallest absolute Gasteiger partial charge is 0.305 e. The lowest BCUT2D eigenvalue weighted by Crippen LogP contribution is -2.15. The minimum atomic E-state index is -0.121. The molecule has 0 unspecified atom stereocenters. The zero-order valence-corrected chi connectivity index (χ0v) is 37.3. The molecule has 0 radical (unpaired) electrons. The lowest BCUT2D eigenvalue weighted by molar-refractivity contribution is -0.145. The van der Waals surface area contributed by atoms with Crippen LogP contribution in [0.25, 0.3) is 0 Å². The van der Waals surface area contributed by atoms with Crippen molar-refractivity contribution in [2.45, 2.75) is 200 Å². The van der Waals surface area contributed by atoms with Gasteiger partial charge in [-0.1, -0.05) is 181 Å². The monoisotopic (exact) mass is 803 g/mol. The average molecular weight is 803 g/mol. The van der Waals surface area contributed by atoms with E-state index in [4.69, 9.17) is 37.9 Å². The zero-order chi connectivity index (χ0) is 40.3. The van der Waals surface area contributed by atoms with E-state index >= 15 is 0 Å². The van der Waals surface area contributed by atoms with Crippen molar-refractivity contribution in [2.75, 3.05) is 99.1 Å². The second-order valence-electron chi connectivity index (χ2n) is 15.4. The van der Waals surface area contributed by atoms with E-state index in [0.717, 1.165) is 25.9 Å².